The van der Waals surface area contributed by atoms with Crippen LogP contribution in [0.5, 0.6) is 0 Å². The van der Waals surface area contributed by atoms with Gasteiger partial charge in [0.1, 0.15) is 5.82 Å². The maximum Gasteiger partial charge on any atom is 0.161 e. The van der Waals surface area contributed by atoms with Crippen molar-refractivity contribution in [3.8, 4) is 0 Å². The van der Waals surface area contributed by atoms with Crippen molar-refractivity contribution in [1.29, 1.82) is 0 Å². The molecule has 0 saturated heterocycles. The highest BCUT2D eigenvalue weighted by atomic mass is 19.2. The van der Waals surface area contributed by atoms with E-state index in [0.717, 1.165) is 23.0 Å². The van der Waals surface area contributed by atoms with E-state index in [0.29, 0.717) is 12.6 Å². The van der Waals surface area contributed by atoms with Gasteiger partial charge in [-0.1, -0.05) is 0 Å². The van der Waals surface area contributed by atoms with E-state index in [9.17, 15) is 13.2 Å². The van der Waals surface area contributed by atoms with Gasteiger partial charge in [0.25, 0.3) is 0 Å². The van der Waals surface area contributed by atoms with Gasteiger partial charge in [-0.2, -0.15) is 5.10 Å². The smallest absolute Gasteiger partial charge is 0.161 e. The maximum atomic E-state index is 13.5. The van der Waals surface area contributed by atoms with Crippen LogP contribution in [0.1, 0.15) is 22.5 Å². The summed E-state index contributed by atoms with van der Waals surface area (Å²) >= 11 is 0. The number of hydrogen-bond donors (Lipinski definition) is 1. The van der Waals surface area contributed by atoms with Crippen molar-refractivity contribution in [1.82, 2.24) is 15.1 Å². The van der Waals surface area contributed by atoms with Gasteiger partial charge in [-0.05, 0) is 19.9 Å². The van der Waals surface area contributed by atoms with Crippen LogP contribution in [0.25, 0.3) is 0 Å². The number of halogens is 3. The predicted octanol–water partition coefficient (Wildman–Crippen LogP) is 2.74. The zero-order valence-corrected chi connectivity index (χ0v) is 11.6. The molecule has 0 atom stereocenters. The van der Waals surface area contributed by atoms with Crippen molar-refractivity contribution >= 4 is 0 Å². The SMILES string of the molecule is Cc1nn(C)c(C)c1CNCc1cc(F)c(F)cc1F. The number of aryl methyl sites for hydroxylation is 2. The molecule has 1 aromatic carbocycles. The van der Waals surface area contributed by atoms with E-state index < -0.39 is 17.5 Å². The Labute approximate surface area is 115 Å². The first-order valence-electron chi connectivity index (χ1n) is 6.23. The molecule has 3 nitrogen and oxygen atoms in total. The average molecular weight is 283 g/mol. The molecule has 0 saturated carbocycles. The van der Waals surface area contributed by atoms with Gasteiger partial charge in [0.15, 0.2) is 11.6 Å². The minimum absolute atomic E-state index is 0.100. The number of nitrogens with one attached hydrogen (secondary N) is 1. The van der Waals surface area contributed by atoms with Crippen LogP contribution < -0.4 is 5.32 Å². The summed E-state index contributed by atoms with van der Waals surface area (Å²) in [6, 6.07) is 1.44. The Morgan fingerprint density at radius 2 is 1.70 bits per heavy atom. The Balaban J connectivity index is 2.05. The van der Waals surface area contributed by atoms with Crippen molar-refractivity contribution in [3.63, 3.8) is 0 Å². The Morgan fingerprint density at radius 1 is 1.05 bits per heavy atom. The lowest BCUT2D eigenvalue weighted by atomic mass is 10.1. The summed E-state index contributed by atoms with van der Waals surface area (Å²) in [6.07, 6.45) is 0. The molecule has 2 rings (SSSR count). The molecule has 1 heterocycles. The average Bonchev–Trinajstić information content (AvgIpc) is 2.61. The predicted molar refractivity (Wildman–Crippen MR) is 69.5 cm³/mol. The van der Waals surface area contributed by atoms with Gasteiger partial charge in [-0.25, -0.2) is 13.2 Å². The van der Waals surface area contributed by atoms with Crippen LogP contribution in [0.4, 0.5) is 13.2 Å². The first-order valence-corrected chi connectivity index (χ1v) is 6.23. The number of benzene rings is 1. The first-order chi connectivity index (χ1) is 9.40. The highest BCUT2D eigenvalue weighted by Crippen LogP contribution is 2.15. The van der Waals surface area contributed by atoms with Gasteiger partial charge in [0, 0.05) is 43.0 Å². The van der Waals surface area contributed by atoms with E-state index in [1.54, 1.807) is 4.68 Å². The summed E-state index contributed by atoms with van der Waals surface area (Å²) in [5, 5.41) is 7.29. The molecule has 0 amide bonds. The highest BCUT2D eigenvalue weighted by Gasteiger charge is 2.11. The van der Waals surface area contributed by atoms with Gasteiger partial charge in [-0.3, -0.25) is 4.68 Å². The van der Waals surface area contributed by atoms with Crippen LogP contribution in [0.3, 0.4) is 0 Å². The summed E-state index contributed by atoms with van der Waals surface area (Å²) in [5.41, 5.74) is 3.03. The fourth-order valence-corrected chi connectivity index (χ4v) is 2.09. The van der Waals surface area contributed by atoms with Crippen molar-refractivity contribution in [2.24, 2.45) is 7.05 Å². The lowest BCUT2D eigenvalue weighted by Gasteiger charge is -2.07. The van der Waals surface area contributed by atoms with Gasteiger partial charge in [-0.15, -0.1) is 0 Å². The molecule has 0 bridgehead atoms. The van der Waals surface area contributed by atoms with Crippen LogP contribution in [0, 0.1) is 31.3 Å². The molecule has 0 unspecified atom stereocenters. The number of rotatable bonds is 4. The molecule has 20 heavy (non-hydrogen) atoms. The number of aromatic nitrogens is 2. The van der Waals surface area contributed by atoms with Crippen molar-refractivity contribution in [2.45, 2.75) is 26.9 Å². The summed E-state index contributed by atoms with van der Waals surface area (Å²) in [4.78, 5) is 0. The molecule has 0 radical (unpaired) electrons. The third-order valence-electron chi connectivity index (χ3n) is 3.37. The Hall–Kier alpha value is -1.82. The second-order valence-corrected chi connectivity index (χ2v) is 4.73. The van der Waals surface area contributed by atoms with Crippen LogP contribution in [0.2, 0.25) is 0 Å². The van der Waals surface area contributed by atoms with E-state index in [1.807, 2.05) is 20.9 Å². The third-order valence-corrected chi connectivity index (χ3v) is 3.37. The van der Waals surface area contributed by atoms with Crippen molar-refractivity contribution in [3.05, 3.63) is 52.1 Å². The molecular formula is C14H16F3N3. The molecule has 2 aromatic rings. The molecule has 0 aliphatic carbocycles. The molecular weight excluding hydrogens is 267 g/mol. The summed E-state index contributed by atoms with van der Waals surface area (Å²) in [5.74, 6) is -2.97. The zero-order chi connectivity index (χ0) is 14.9. The molecule has 0 fully saturated rings. The van der Waals surface area contributed by atoms with E-state index in [4.69, 9.17) is 0 Å². The summed E-state index contributed by atoms with van der Waals surface area (Å²) in [6.45, 7) is 4.44. The van der Waals surface area contributed by atoms with Gasteiger partial charge >= 0.3 is 0 Å². The van der Waals surface area contributed by atoms with Crippen LogP contribution in [-0.2, 0) is 20.1 Å². The molecule has 0 spiro atoms. The Kier molecular flexibility index (Phi) is 4.13. The van der Waals surface area contributed by atoms with Gasteiger partial charge in [0.2, 0.25) is 0 Å². The first kappa shape index (κ1) is 14.6. The lowest BCUT2D eigenvalue weighted by Crippen LogP contribution is -2.15. The van der Waals surface area contributed by atoms with Gasteiger partial charge in [0.05, 0.1) is 5.69 Å². The number of hydrogen-bond acceptors (Lipinski definition) is 2. The molecule has 0 aliphatic heterocycles. The molecule has 108 valence electrons. The van der Waals surface area contributed by atoms with E-state index >= 15 is 0 Å². The van der Waals surface area contributed by atoms with Crippen LogP contribution in [-0.4, -0.2) is 9.78 Å². The standard InChI is InChI=1S/C14H16F3N3/c1-8-11(9(2)20(3)19-8)7-18-6-10-4-13(16)14(17)5-12(10)15/h4-5,18H,6-7H2,1-3H3. The largest absolute Gasteiger partial charge is 0.308 e. The fourth-order valence-electron chi connectivity index (χ4n) is 2.09. The lowest BCUT2D eigenvalue weighted by molar-refractivity contribution is 0.486. The molecule has 0 aliphatic rings. The van der Waals surface area contributed by atoms with Gasteiger partial charge < -0.3 is 5.32 Å². The molecule has 1 aromatic heterocycles. The fraction of sp³-hybridized carbons (Fsp3) is 0.357. The third kappa shape index (κ3) is 2.85. The number of nitrogens with zero attached hydrogens (tertiary/aromatic N) is 2. The second kappa shape index (κ2) is 5.66. The quantitative estimate of drug-likeness (QED) is 0.874. The van der Waals surface area contributed by atoms with E-state index in [-0.39, 0.29) is 12.1 Å². The van der Waals surface area contributed by atoms with Crippen LogP contribution in [0.15, 0.2) is 12.1 Å². The minimum Gasteiger partial charge on any atom is -0.308 e. The Bertz CT molecular complexity index is 635. The van der Waals surface area contributed by atoms with Crippen molar-refractivity contribution < 1.29 is 13.2 Å². The second-order valence-electron chi connectivity index (χ2n) is 4.73. The summed E-state index contributed by atoms with van der Waals surface area (Å²) < 4.78 is 41.1. The maximum absolute atomic E-state index is 13.5. The zero-order valence-electron chi connectivity index (χ0n) is 11.6. The monoisotopic (exact) mass is 283 g/mol. The summed E-state index contributed by atoms with van der Waals surface area (Å²) in [7, 11) is 1.85. The Morgan fingerprint density at radius 3 is 2.30 bits per heavy atom. The molecule has 1 N–H and O–H groups in total. The van der Waals surface area contributed by atoms with Crippen LogP contribution >= 0.6 is 0 Å². The van der Waals surface area contributed by atoms with E-state index in [2.05, 4.69) is 10.4 Å². The van der Waals surface area contributed by atoms with Crippen molar-refractivity contribution in [2.75, 3.05) is 0 Å². The topological polar surface area (TPSA) is 29.9 Å². The normalized spacial score (nSPS) is 11.1. The molecule has 6 heteroatoms. The minimum atomic E-state index is -1.18. The van der Waals surface area contributed by atoms with E-state index in [1.165, 1.54) is 0 Å². The highest BCUT2D eigenvalue weighted by molar-refractivity contribution is 5.24.